The second kappa shape index (κ2) is 10.1. The molecule has 3 aromatic rings. The molecular formula is C28H27N3O4S. The van der Waals surface area contributed by atoms with E-state index >= 15 is 0 Å². The van der Waals surface area contributed by atoms with Crippen molar-refractivity contribution in [3.63, 3.8) is 0 Å². The molecule has 0 N–H and O–H groups in total. The van der Waals surface area contributed by atoms with Crippen LogP contribution in [0.4, 0.5) is 11.4 Å². The standard InChI is InChI=1S/C28H27N3O4S/c1-18-8-11-20(12-9-18)29-28-30(21-6-4-3-5-7-21)27(32)26(36-28)17-23-14-15-25(35-23)24-16-22(31(33)34)13-10-19(24)2/h8-17,21H,3-7H2,1-2H3/b26-17+,29-28?. The number of amides is 1. The van der Waals surface area contributed by atoms with Crippen LogP contribution in [0.1, 0.15) is 49.0 Å². The third-order valence-corrected chi connectivity index (χ3v) is 7.62. The lowest BCUT2D eigenvalue weighted by Crippen LogP contribution is -2.40. The van der Waals surface area contributed by atoms with E-state index in [4.69, 9.17) is 9.41 Å². The summed E-state index contributed by atoms with van der Waals surface area (Å²) >= 11 is 1.37. The van der Waals surface area contributed by atoms with Crippen LogP contribution in [0.2, 0.25) is 0 Å². The van der Waals surface area contributed by atoms with E-state index < -0.39 is 4.92 Å². The van der Waals surface area contributed by atoms with E-state index in [-0.39, 0.29) is 17.6 Å². The van der Waals surface area contributed by atoms with E-state index in [2.05, 4.69) is 0 Å². The zero-order chi connectivity index (χ0) is 25.2. The van der Waals surface area contributed by atoms with E-state index in [1.807, 2.05) is 43.0 Å². The normalized spacial score (nSPS) is 18.9. The fourth-order valence-corrected chi connectivity index (χ4v) is 5.69. The third kappa shape index (κ3) is 4.99. The van der Waals surface area contributed by atoms with E-state index in [1.165, 1.54) is 30.3 Å². The number of aliphatic imine (C=N–C) groups is 1. The second-order valence-corrected chi connectivity index (χ2v) is 10.3. The van der Waals surface area contributed by atoms with Crippen LogP contribution in [0, 0.1) is 24.0 Å². The molecule has 2 fully saturated rings. The average Bonchev–Trinajstić information content (AvgIpc) is 3.45. The molecule has 184 valence electrons. The number of carbonyl (C=O) groups is 1. The third-order valence-electron chi connectivity index (χ3n) is 6.63. The summed E-state index contributed by atoms with van der Waals surface area (Å²) in [5, 5.41) is 11.9. The SMILES string of the molecule is Cc1ccc(N=C2S/C(=C/c3ccc(-c4cc([N+](=O)[O-])ccc4C)o3)C(=O)N2C2CCCCC2)cc1. The molecule has 0 spiro atoms. The molecule has 1 amide bonds. The highest BCUT2D eigenvalue weighted by Crippen LogP contribution is 2.39. The van der Waals surface area contributed by atoms with Crippen molar-refractivity contribution in [3.05, 3.63) is 86.5 Å². The predicted octanol–water partition coefficient (Wildman–Crippen LogP) is 7.41. The molecule has 1 saturated heterocycles. The van der Waals surface area contributed by atoms with Crippen molar-refractivity contribution in [2.75, 3.05) is 0 Å². The number of hydrogen-bond acceptors (Lipinski definition) is 6. The van der Waals surface area contributed by atoms with Gasteiger partial charge in [-0.1, -0.05) is 43.0 Å². The number of furan rings is 1. The fraction of sp³-hybridized carbons (Fsp3) is 0.286. The van der Waals surface area contributed by atoms with Crippen molar-refractivity contribution < 1.29 is 14.1 Å². The first-order chi connectivity index (χ1) is 17.4. The fourth-order valence-electron chi connectivity index (χ4n) is 4.65. The lowest BCUT2D eigenvalue weighted by molar-refractivity contribution is -0.384. The van der Waals surface area contributed by atoms with Gasteiger partial charge in [0.15, 0.2) is 5.17 Å². The summed E-state index contributed by atoms with van der Waals surface area (Å²) in [6.45, 7) is 3.92. The van der Waals surface area contributed by atoms with Gasteiger partial charge in [0.05, 0.1) is 15.5 Å². The molecule has 1 aliphatic carbocycles. The number of nitro benzene ring substituents is 1. The van der Waals surface area contributed by atoms with Gasteiger partial charge >= 0.3 is 0 Å². The van der Waals surface area contributed by atoms with Crippen LogP contribution in [-0.4, -0.2) is 26.9 Å². The molecular weight excluding hydrogens is 474 g/mol. The molecule has 2 heterocycles. The van der Waals surface area contributed by atoms with Crippen LogP contribution in [0.5, 0.6) is 0 Å². The Bertz CT molecular complexity index is 1370. The highest BCUT2D eigenvalue weighted by Gasteiger charge is 2.38. The number of nitrogens with zero attached hydrogens (tertiary/aromatic N) is 3. The molecule has 0 unspecified atom stereocenters. The number of carbonyl (C=O) groups excluding carboxylic acids is 1. The van der Waals surface area contributed by atoms with Crippen LogP contribution in [-0.2, 0) is 4.79 Å². The Hall–Kier alpha value is -3.65. The molecule has 0 bridgehead atoms. The number of rotatable bonds is 5. The van der Waals surface area contributed by atoms with Gasteiger partial charge in [0.1, 0.15) is 11.5 Å². The van der Waals surface area contributed by atoms with Crippen molar-refractivity contribution in [2.24, 2.45) is 4.99 Å². The molecule has 1 saturated carbocycles. The van der Waals surface area contributed by atoms with Crippen LogP contribution in [0.25, 0.3) is 17.4 Å². The summed E-state index contributed by atoms with van der Waals surface area (Å²) in [6, 6.07) is 16.4. The summed E-state index contributed by atoms with van der Waals surface area (Å²) in [6.07, 6.45) is 7.12. The van der Waals surface area contributed by atoms with E-state index in [0.29, 0.717) is 27.2 Å². The quantitative estimate of drug-likeness (QED) is 0.206. The Morgan fingerprint density at radius 3 is 2.53 bits per heavy atom. The lowest BCUT2D eigenvalue weighted by Gasteiger charge is -2.30. The van der Waals surface area contributed by atoms with Gasteiger partial charge in [0, 0.05) is 29.8 Å². The zero-order valence-electron chi connectivity index (χ0n) is 20.3. The Labute approximate surface area is 214 Å². The average molecular weight is 502 g/mol. The number of non-ortho nitro benzene ring substituents is 1. The minimum atomic E-state index is -0.419. The first-order valence-corrected chi connectivity index (χ1v) is 12.9. The first kappa shape index (κ1) is 24.1. The maximum absolute atomic E-state index is 13.6. The molecule has 0 radical (unpaired) electrons. The molecule has 2 aliphatic rings. The van der Waals surface area contributed by atoms with Gasteiger partial charge in [-0.3, -0.25) is 19.8 Å². The second-order valence-electron chi connectivity index (χ2n) is 9.27. The number of hydrogen-bond donors (Lipinski definition) is 0. The number of benzene rings is 2. The molecule has 1 aliphatic heterocycles. The van der Waals surface area contributed by atoms with Crippen molar-refractivity contribution in [1.82, 2.24) is 4.90 Å². The summed E-state index contributed by atoms with van der Waals surface area (Å²) < 4.78 is 6.02. The molecule has 8 heteroatoms. The molecule has 1 aromatic heterocycles. The van der Waals surface area contributed by atoms with E-state index in [0.717, 1.165) is 42.5 Å². The van der Waals surface area contributed by atoms with Crippen LogP contribution >= 0.6 is 11.8 Å². The molecule has 5 rings (SSSR count). The summed E-state index contributed by atoms with van der Waals surface area (Å²) in [5.41, 5.74) is 3.51. The lowest BCUT2D eigenvalue weighted by atomic mass is 9.94. The topological polar surface area (TPSA) is 89.0 Å². The van der Waals surface area contributed by atoms with Gasteiger partial charge in [0.25, 0.3) is 11.6 Å². The summed E-state index contributed by atoms with van der Waals surface area (Å²) in [7, 11) is 0. The molecule has 2 aromatic carbocycles. The van der Waals surface area contributed by atoms with Crippen molar-refractivity contribution >= 4 is 40.3 Å². The molecule has 7 nitrogen and oxygen atoms in total. The van der Waals surface area contributed by atoms with Gasteiger partial charge < -0.3 is 4.42 Å². The predicted molar refractivity (Wildman–Crippen MR) is 143 cm³/mol. The maximum atomic E-state index is 13.6. The largest absolute Gasteiger partial charge is 0.457 e. The first-order valence-electron chi connectivity index (χ1n) is 12.1. The van der Waals surface area contributed by atoms with Crippen LogP contribution < -0.4 is 0 Å². The van der Waals surface area contributed by atoms with Crippen LogP contribution in [0.3, 0.4) is 0 Å². The number of thioether (sulfide) groups is 1. The smallest absolute Gasteiger partial charge is 0.270 e. The van der Waals surface area contributed by atoms with Crippen molar-refractivity contribution in [1.29, 1.82) is 0 Å². The number of nitro groups is 1. The highest BCUT2D eigenvalue weighted by atomic mass is 32.2. The highest BCUT2D eigenvalue weighted by molar-refractivity contribution is 8.18. The number of aryl methyl sites for hydroxylation is 2. The van der Waals surface area contributed by atoms with E-state index in [9.17, 15) is 14.9 Å². The Morgan fingerprint density at radius 2 is 1.81 bits per heavy atom. The zero-order valence-corrected chi connectivity index (χ0v) is 21.1. The van der Waals surface area contributed by atoms with Gasteiger partial charge in [-0.05, 0) is 68.3 Å². The minimum absolute atomic E-state index is 0.00788. The Morgan fingerprint density at radius 1 is 1.06 bits per heavy atom. The van der Waals surface area contributed by atoms with E-state index in [1.54, 1.807) is 24.3 Å². The van der Waals surface area contributed by atoms with Crippen molar-refractivity contribution in [3.8, 4) is 11.3 Å². The monoisotopic (exact) mass is 501 g/mol. The van der Waals surface area contributed by atoms with Gasteiger partial charge in [-0.25, -0.2) is 4.99 Å². The van der Waals surface area contributed by atoms with Gasteiger partial charge in [-0.2, -0.15) is 0 Å². The Balaban J connectivity index is 1.47. The molecule has 0 atom stereocenters. The minimum Gasteiger partial charge on any atom is -0.457 e. The summed E-state index contributed by atoms with van der Waals surface area (Å²) in [4.78, 5) is 31.6. The van der Waals surface area contributed by atoms with Crippen LogP contribution in [0.15, 0.2) is 68.9 Å². The Kier molecular flexibility index (Phi) is 6.78. The number of amidine groups is 1. The van der Waals surface area contributed by atoms with Crippen molar-refractivity contribution in [2.45, 2.75) is 52.0 Å². The van der Waals surface area contributed by atoms with Gasteiger partial charge in [-0.15, -0.1) is 0 Å². The van der Waals surface area contributed by atoms with Gasteiger partial charge in [0.2, 0.25) is 0 Å². The maximum Gasteiger partial charge on any atom is 0.270 e. The summed E-state index contributed by atoms with van der Waals surface area (Å²) in [5.74, 6) is 0.991. The molecule has 36 heavy (non-hydrogen) atoms.